The molecule has 0 amide bonds. The van der Waals surface area contributed by atoms with Crippen molar-refractivity contribution in [1.29, 1.82) is 0 Å². The Morgan fingerprint density at radius 3 is 1.51 bits per heavy atom. The van der Waals surface area contributed by atoms with Crippen LogP contribution < -0.4 is 0 Å². The molecule has 0 saturated heterocycles. The van der Waals surface area contributed by atoms with E-state index in [0.29, 0.717) is 0 Å². The van der Waals surface area contributed by atoms with Gasteiger partial charge in [-0.1, -0.05) is 151 Å². The number of rotatable bonds is 5. The summed E-state index contributed by atoms with van der Waals surface area (Å²) in [5.41, 5.74) is -6.69. The Kier molecular flexibility index (Phi) is 3.02. The van der Waals surface area contributed by atoms with E-state index in [-0.39, 0.29) is 0 Å². The summed E-state index contributed by atoms with van der Waals surface area (Å²) in [5.74, 6) is -2.77. The van der Waals surface area contributed by atoms with E-state index in [1.165, 1.54) is 0 Å². The number of aromatic nitrogens is 3. The van der Waals surface area contributed by atoms with Crippen LogP contribution in [0.4, 0.5) is 0 Å². The SMILES string of the molecule is [2H]c1c([2H])c([2H])c(-c2c([2H])c([2H])c3c([2H])c(-c4nc(-c5c([2H])c([2H])c6c(oc7c([2H])c(-c8c([2H])c([2H])c([2H])c([2H])c8[2H])c8c([2H])c([2H])c([2H])c([2H])c8c76)c5[2H])nc(-c5c([2H])c([2H])c6c([2H])c([2H])c([2H])c([2H])c6c5[2H])n4)c([2H])c([2H])c3c2[2H])c([2H])c1[2H]. The molecule has 0 atom stereocenters. The maximum atomic E-state index is 9.74. The Morgan fingerprint density at radius 2 is 0.818 bits per heavy atom. The van der Waals surface area contributed by atoms with Gasteiger partial charge in [0.25, 0.3) is 0 Å². The molecule has 9 aromatic carbocycles. The number of hydrogen-bond donors (Lipinski definition) is 0. The van der Waals surface area contributed by atoms with E-state index >= 15 is 0 Å². The zero-order valence-electron chi connectivity index (χ0n) is 58.2. The summed E-state index contributed by atoms with van der Waals surface area (Å²) >= 11 is 0. The minimum Gasteiger partial charge on any atom is -0.456 e. The van der Waals surface area contributed by atoms with Crippen molar-refractivity contribution in [3.8, 4) is 56.4 Å². The lowest BCUT2D eigenvalue weighted by Gasteiger charge is -2.10. The van der Waals surface area contributed by atoms with Crippen LogP contribution in [0.25, 0.3) is 111 Å². The van der Waals surface area contributed by atoms with Crippen LogP contribution in [0.15, 0.2) is 192 Å². The number of fused-ring (bicyclic) bond motifs is 7. The van der Waals surface area contributed by atoms with Gasteiger partial charge in [-0.15, -0.1) is 0 Å². The van der Waals surface area contributed by atoms with Crippen molar-refractivity contribution in [3.05, 3.63) is 187 Å². The quantitative estimate of drug-likeness (QED) is 0.177. The molecule has 11 aromatic rings. The van der Waals surface area contributed by atoms with E-state index in [2.05, 4.69) is 15.0 Å². The highest BCUT2D eigenvalue weighted by Crippen LogP contribution is 2.41. The van der Waals surface area contributed by atoms with Crippen molar-refractivity contribution in [1.82, 2.24) is 15.0 Å². The molecule has 0 aliphatic carbocycles. The van der Waals surface area contributed by atoms with Crippen LogP contribution in [-0.4, -0.2) is 15.0 Å². The molecule has 4 heteroatoms. The zero-order valence-corrected chi connectivity index (χ0v) is 27.2. The topological polar surface area (TPSA) is 51.8 Å². The van der Waals surface area contributed by atoms with E-state index in [0.717, 1.165) is 0 Å². The van der Waals surface area contributed by atoms with Crippen molar-refractivity contribution >= 4 is 54.3 Å². The fourth-order valence-corrected chi connectivity index (χ4v) is 5.86. The summed E-state index contributed by atoms with van der Waals surface area (Å²) in [6.45, 7) is 0. The minimum absolute atomic E-state index is 0.472. The van der Waals surface area contributed by atoms with Crippen LogP contribution >= 0.6 is 0 Å². The number of furan rings is 1. The average Bonchev–Trinajstić information content (AvgIpc) is 1.38. The molecule has 4 nitrogen and oxygen atoms in total. The Balaban J connectivity index is 1.29. The molecule has 11 rings (SSSR count). The first-order valence-electron chi connectivity index (χ1n) is 31.5. The van der Waals surface area contributed by atoms with Crippen molar-refractivity contribution in [2.45, 2.75) is 0 Å². The van der Waals surface area contributed by atoms with Crippen molar-refractivity contribution in [2.24, 2.45) is 0 Å². The van der Waals surface area contributed by atoms with Gasteiger partial charge in [-0.3, -0.25) is 0 Å². The molecule has 0 fully saturated rings. The summed E-state index contributed by atoms with van der Waals surface area (Å²) in [6, 6.07) is -28.1. The summed E-state index contributed by atoms with van der Waals surface area (Å²) < 4.78 is 282. The highest BCUT2D eigenvalue weighted by Gasteiger charge is 2.18. The monoisotopic (exact) mass is 732 g/mol. The number of hydrogen-bond acceptors (Lipinski definition) is 4. The Hall–Kier alpha value is -7.43. The van der Waals surface area contributed by atoms with Gasteiger partial charge in [0.2, 0.25) is 0 Å². The Morgan fingerprint density at radius 1 is 0.327 bits per heavy atom. The molecule has 2 aromatic heterocycles. The highest BCUT2D eigenvalue weighted by atomic mass is 16.3. The molecule has 0 saturated carbocycles. The highest BCUT2D eigenvalue weighted by molar-refractivity contribution is 6.22. The molecule has 2 heterocycles. The van der Waals surface area contributed by atoms with Crippen LogP contribution in [0.2, 0.25) is 0 Å². The first kappa shape index (κ1) is 13.2. The van der Waals surface area contributed by atoms with Gasteiger partial charge in [0.15, 0.2) is 17.5 Å². The second kappa shape index (κ2) is 12.6. The van der Waals surface area contributed by atoms with Gasteiger partial charge in [0.1, 0.15) is 11.2 Å². The molecule has 0 radical (unpaired) electrons. The fraction of sp³-hybridized carbons (Fsp3) is 0. The molecule has 0 spiro atoms. The van der Waals surface area contributed by atoms with Crippen LogP contribution in [0.1, 0.15) is 42.5 Å². The number of nitrogens with zero attached hydrogens (tertiary/aromatic N) is 3. The summed E-state index contributed by atoms with van der Waals surface area (Å²) in [5, 5.41) is -4.78. The van der Waals surface area contributed by atoms with E-state index in [1.807, 2.05) is 0 Å². The third kappa shape index (κ3) is 5.43. The van der Waals surface area contributed by atoms with Crippen molar-refractivity contribution < 1.29 is 46.9 Å². The standard InChI is InChI=1S/C51H31N3O/c1-3-11-32(12-4-1)36-20-21-38-29-40(24-22-37(38)27-36)50-52-49(39-23-19-33-13-7-8-16-35(33)28-39)53-51(54-50)41-25-26-44-46(30-41)55-47-31-45(34-14-5-2-6-15-34)42-17-9-10-18-43(42)48(44)47/h1-31H/i1D,2D,3D,4D,5D,6D,7D,8D,9D,10D,11D,12D,13D,14D,15D,16D,17D,18D,19D,20D,21D,22D,23D,24D,25D,26D,27D,28D,29D,30D,31D. The summed E-state index contributed by atoms with van der Waals surface area (Å²) in [4.78, 5) is 13.2. The van der Waals surface area contributed by atoms with Crippen LogP contribution in [-0.2, 0) is 0 Å². The van der Waals surface area contributed by atoms with Crippen LogP contribution in [0.5, 0.6) is 0 Å². The van der Waals surface area contributed by atoms with Gasteiger partial charge >= 0.3 is 0 Å². The molecule has 0 N–H and O–H groups in total. The van der Waals surface area contributed by atoms with Crippen molar-refractivity contribution in [2.75, 3.05) is 0 Å². The molecule has 0 aliphatic heterocycles. The molecular formula is C51H31N3O. The van der Waals surface area contributed by atoms with Gasteiger partial charge in [-0.2, -0.15) is 0 Å². The summed E-state index contributed by atoms with van der Waals surface area (Å²) in [6.07, 6.45) is 0. The van der Waals surface area contributed by atoms with Gasteiger partial charge in [0, 0.05) is 27.5 Å². The molecular weight excluding hydrogens is 671 g/mol. The van der Waals surface area contributed by atoms with Crippen LogP contribution in [0.3, 0.4) is 0 Å². The van der Waals surface area contributed by atoms with Gasteiger partial charge in [0.05, 0.1) is 42.5 Å². The van der Waals surface area contributed by atoms with Gasteiger partial charge in [-0.05, 0) is 90.8 Å². The molecule has 55 heavy (non-hydrogen) atoms. The lowest BCUT2D eigenvalue weighted by atomic mass is 9.95. The second-order valence-corrected chi connectivity index (χ2v) is 11.6. The zero-order chi connectivity index (χ0) is 63.3. The lowest BCUT2D eigenvalue weighted by molar-refractivity contribution is 0.669. The molecule has 256 valence electrons. The van der Waals surface area contributed by atoms with Gasteiger partial charge in [-0.25, -0.2) is 15.0 Å². The normalized spacial score (nSPS) is 19.5. The van der Waals surface area contributed by atoms with E-state index in [9.17, 15) is 15.1 Å². The molecule has 0 unspecified atom stereocenters. The Labute approximate surface area is 360 Å². The predicted octanol–water partition coefficient (Wildman–Crippen LogP) is 13.6. The maximum Gasteiger partial charge on any atom is 0.164 e. The van der Waals surface area contributed by atoms with Crippen molar-refractivity contribution in [3.63, 3.8) is 0 Å². The van der Waals surface area contributed by atoms with Gasteiger partial charge < -0.3 is 4.42 Å². The number of benzene rings is 9. The second-order valence-electron chi connectivity index (χ2n) is 11.6. The minimum atomic E-state index is -1.05. The van der Waals surface area contributed by atoms with E-state index in [4.69, 9.17) is 31.8 Å². The predicted molar refractivity (Wildman–Crippen MR) is 227 cm³/mol. The maximum absolute atomic E-state index is 9.74. The average molecular weight is 733 g/mol. The fourth-order valence-electron chi connectivity index (χ4n) is 5.86. The molecule has 0 bridgehead atoms. The third-order valence-corrected chi connectivity index (χ3v) is 8.32. The summed E-state index contributed by atoms with van der Waals surface area (Å²) in [7, 11) is 0. The first-order valence-corrected chi connectivity index (χ1v) is 16.0. The Bertz CT molecular complexity index is 5020. The third-order valence-electron chi connectivity index (χ3n) is 8.32. The molecule has 0 aliphatic rings. The van der Waals surface area contributed by atoms with E-state index < -0.39 is 298 Å². The van der Waals surface area contributed by atoms with Crippen LogP contribution in [0, 0.1) is 0 Å². The first-order chi connectivity index (χ1) is 40.2. The smallest absolute Gasteiger partial charge is 0.164 e. The largest absolute Gasteiger partial charge is 0.456 e. The lowest BCUT2D eigenvalue weighted by Crippen LogP contribution is -2.00. The van der Waals surface area contributed by atoms with E-state index in [1.54, 1.807) is 0 Å².